The molecular weight excluding hydrogens is 457 g/mol. The van der Waals surface area contributed by atoms with Crippen LogP contribution in [0.5, 0.6) is 5.75 Å². The number of benzene rings is 3. The first kappa shape index (κ1) is 26.3. The molecule has 36 heavy (non-hydrogen) atoms. The number of ether oxygens (including phenoxy) is 1. The summed E-state index contributed by atoms with van der Waals surface area (Å²) in [5.41, 5.74) is 3.44. The fourth-order valence-corrected chi connectivity index (χ4v) is 5.55. The highest BCUT2D eigenvalue weighted by Gasteiger charge is 2.26. The number of methoxy groups -OCH3 is 1. The standard InChI is InChI=1S/C32H37F3O/c1-3-4-5-6-22-9-14-25(15-10-22)27-18-19-28(32(35)31(27)34)26-16-11-23(12-17-26)7-8-24-13-20-30(36-2)29(33)21-24/h11-13,16-22,25H,3-10,14-15H2,1-2H3. The second-order valence-electron chi connectivity index (χ2n) is 10.2. The van der Waals surface area contributed by atoms with Gasteiger partial charge in [-0.05, 0) is 84.7 Å². The summed E-state index contributed by atoms with van der Waals surface area (Å²) in [6.45, 7) is 2.22. The predicted octanol–water partition coefficient (Wildman–Crippen LogP) is 9.42. The molecule has 4 heteroatoms. The Kier molecular flexibility index (Phi) is 9.12. The molecule has 4 rings (SSSR count). The van der Waals surface area contributed by atoms with Gasteiger partial charge in [0.05, 0.1) is 7.11 Å². The van der Waals surface area contributed by atoms with Crippen molar-refractivity contribution in [2.24, 2.45) is 5.92 Å². The lowest BCUT2D eigenvalue weighted by Crippen LogP contribution is -2.15. The van der Waals surface area contributed by atoms with E-state index in [1.54, 1.807) is 18.2 Å². The van der Waals surface area contributed by atoms with Gasteiger partial charge in [-0.2, -0.15) is 0 Å². The Morgan fingerprint density at radius 2 is 1.47 bits per heavy atom. The van der Waals surface area contributed by atoms with Gasteiger partial charge in [-0.3, -0.25) is 0 Å². The highest BCUT2D eigenvalue weighted by Crippen LogP contribution is 2.40. The third-order valence-electron chi connectivity index (χ3n) is 7.80. The summed E-state index contributed by atoms with van der Waals surface area (Å²) >= 11 is 0. The summed E-state index contributed by atoms with van der Waals surface area (Å²) in [7, 11) is 1.45. The van der Waals surface area contributed by atoms with E-state index in [1.807, 2.05) is 30.3 Å². The van der Waals surface area contributed by atoms with Gasteiger partial charge in [-0.15, -0.1) is 0 Å². The van der Waals surface area contributed by atoms with E-state index < -0.39 is 11.6 Å². The first-order valence-electron chi connectivity index (χ1n) is 13.4. The van der Waals surface area contributed by atoms with Gasteiger partial charge in [0.25, 0.3) is 0 Å². The van der Waals surface area contributed by atoms with Crippen molar-refractivity contribution in [2.75, 3.05) is 7.11 Å². The number of aryl methyl sites for hydroxylation is 2. The van der Waals surface area contributed by atoms with Crippen LogP contribution in [-0.4, -0.2) is 7.11 Å². The van der Waals surface area contributed by atoms with E-state index in [4.69, 9.17) is 4.74 Å². The molecular formula is C32H37F3O. The quantitative estimate of drug-likeness (QED) is 0.255. The molecule has 0 aliphatic heterocycles. The Bertz CT molecular complexity index is 1130. The van der Waals surface area contributed by atoms with Crippen LogP contribution in [0.1, 0.15) is 80.9 Å². The molecule has 1 nitrogen and oxygen atoms in total. The maximum Gasteiger partial charge on any atom is 0.166 e. The van der Waals surface area contributed by atoms with Crippen LogP contribution in [0.4, 0.5) is 13.2 Å². The van der Waals surface area contributed by atoms with E-state index in [2.05, 4.69) is 6.92 Å². The van der Waals surface area contributed by atoms with Crippen molar-refractivity contribution in [3.63, 3.8) is 0 Å². The molecule has 1 aliphatic carbocycles. The third kappa shape index (κ3) is 6.32. The highest BCUT2D eigenvalue weighted by atomic mass is 19.2. The highest BCUT2D eigenvalue weighted by molar-refractivity contribution is 5.65. The molecule has 0 unspecified atom stereocenters. The molecule has 0 bridgehead atoms. The van der Waals surface area contributed by atoms with E-state index in [0.29, 0.717) is 23.1 Å². The molecule has 0 aromatic heterocycles. The van der Waals surface area contributed by atoms with Crippen LogP contribution in [0.3, 0.4) is 0 Å². The average Bonchev–Trinajstić information content (AvgIpc) is 2.90. The summed E-state index contributed by atoms with van der Waals surface area (Å²) in [5, 5.41) is 0. The van der Waals surface area contributed by atoms with Crippen LogP contribution in [0.2, 0.25) is 0 Å². The molecule has 0 heterocycles. The van der Waals surface area contributed by atoms with Crippen LogP contribution in [-0.2, 0) is 12.8 Å². The van der Waals surface area contributed by atoms with Crippen molar-refractivity contribution < 1.29 is 17.9 Å². The number of rotatable bonds is 10. The Morgan fingerprint density at radius 1 is 0.778 bits per heavy atom. The van der Waals surface area contributed by atoms with Gasteiger partial charge in [-0.25, -0.2) is 13.2 Å². The average molecular weight is 495 g/mol. The normalized spacial score (nSPS) is 17.8. The van der Waals surface area contributed by atoms with Crippen molar-refractivity contribution >= 4 is 0 Å². The molecule has 0 amide bonds. The SMILES string of the molecule is CCCCCC1CCC(c2ccc(-c3ccc(CCc4ccc(OC)c(F)c4)cc3)c(F)c2F)CC1. The fraction of sp³-hybridized carbons (Fsp3) is 0.438. The maximum atomic E-state index is 15.1. The molecule has 0 spiro atoms. The second kappa shape index (κ2) is 12.5. The van der Waals surface area contributed by atoms with Crippen molar-refractivity contribution in [3.05, 3.63) is 88.7 Å². The first-order valence-corrected chi connectivity index (χ1v) is 13.4. The van der Waals surface area contributed by atoms with E-state index >= 15 is 8.78 Å². The van der Waals surface area contributed by atoms with Gasteiger partial charge in [0, 0.05) is 5.56 Å². The first-order chi connectivity index (χ1) is 17.5. The molecule has 1 aliphatic rings. The van der Waals surface area contributed by atoms with Gasteiger partial charge < -0.3 is 4.74 Å². The molecule has 0 radical (unpaired) electrons. The smallest absolute Gasteiger partial charge is 0.166 e. The fourth-order valence-electron chi connectivity index (χ4n) is 5.55. The summed E-state index contributed by atoms with van der Waals surface area (Å²) in [5.74, 6) is -0.722. The summed E-state index contributed by atoms with van der Waals surface area (Å²) in [6, 6.07) is 16.0. The summed E-state index contributed by atoms with van der Waals surface area (Å²) in [6.07, 6.45) is 10.6. The summed E-state index contributed by atoms with van der Waals surface area (Å²) in [4.78, 5) is 0. The van der Waals surface area contributed by atoms with E-state index in [1.165, 1.54) is 38.9 Å². The van der Waals surface area contributed by atoms with E-state index in [-0.39, 0.29) is 17.5 Å². The van der Waals surface area contributed by atoms with Crippen LogP contribution >= 0.6 is 0 Å². The van der Waals surface area contributed by atoms with Crippen molar-refractivity contribution in [1.82, 2.24) is 0 Å². The molecule has 3 aromatic rings. The van der Waals surface area contributed by atoms with Gasteiger partial charge in [0.2, 0.25) is 0 Å². The number of halogens is 3. The Morgan fingerprint density at radius 3 is 2.14 bits per heavy atom. The van der Waals surface area contributed by atoms with Gasteiger partial charge in [0.1, 0.15) is 0 Å². The Hall–Kier alpha value is -2.75. The zero-order valence-corrected chi connectivity index (χ0v) is 21.5. The predicted molar refractivity (Wildman–Crippen MR) is 141 cm³/mol. The van der Waals surface area contributed by atoms with E-state index in [9.17, 15) is 4.39 Å². The van der Waals surface area contributed by atoms with Crippen LogP contribution in [0.15, 0.2) is 54.6 Å². The van der Waals surface area contributed by atoms with Crippen molar-refractivity contribution in [1.29, 1.82) is 0 Å². The van der Waals surface area contributed by atoms with Crippen LogP contribution in [0, 0.1) is 23.4 Å². The minimum atomic E-state index is -0.751. The zero-order chi connectivity index (χ0) is 25.5. The summed E-state index contributed by atoms with van der Waals surface area (Å²) < 4.78 is 49.2. The molecule has 192 valence electrons. The zero-order valence-electron chi connectivity index (χ0n) is 21.5. The molecule has 3 aromatic carbocycles. The third-order valence-corrected chi connectivity index (χ3v) is 7.80. The van der Waals surface area contributed by atoms with Crippen molar-refractivity contribution in [2.45, 2.75) is 77.0 Å². The lowest BCUT2D eigenvalue weighted by atomic mass is 9.76. The molecule has 0 saturated heterocycles. The number of hydrogen-bond acceptors (Lipinski definition) is 1. The topological polar surface area (TPSA) is 9.23 Å². The van der Waals surface area contributed by atoms with Crippen LogP contribution in [0.25, 0.3) is 11.1 Å². The molecule has 1 fully saturated rings. The lowest BCUT2D eigenvalue weighted by Gasteiger charge is -2.29. The number of hydrogen-bond donors (Lipinski definition) is 0. The largest absolute Gasteiger partial charge is 0.494 e. The number of unbranched alkanes of at least 4 members (excludes halogenated alkanes) is 2. The minimum absolute atomic E-state index is 0.112. The second-order valence-corrected chi connectivity index (χ2v) is 10.2. The van der Waals surface area contributed by atoms with Crippen LogP contribution < -0.4 is 4.74 Å². The molecule has 1 saturated carbocycles. The lowest BCUT2D eigenvalue weighted by molar-refractivity contribution is 0.298. The molecule has 0 atom stereocenters. The minimum Gasteiger partial charge on any atom is -0.494 e. The Balaban J connectivity index is 1.38. The van der Waals surface area contributed by atoms with Crippen molar-refractivity contribution in [3.8, 4) is 16.9 Å². The van der Waals surface area contributed by atoms with Gasteiger partial charge in [0.15, 0.2) is 23.2 Å². The Labute approximate surface area is 213 Å². The van der Waals surface area contributed by atoms with E-state index in [0.717, 1.165) is 49.1 Å². The monoisotopic (exact) mass is 494 g/mol. The maximum absolute atomic E-state index is 15.1. The van der Waals surface area contributed by atoms with Gasteiger partial charge in [-0.1, -0.05) is 75.1 Å². The van der Waals surface area contributed by atoms with Gasteiger partial charge >= 0.3 is 0 Å². The molecule has 0 N–H and O–H groups in total.